The van der Waals surface area contributed by atoms with E-state index in [1.165, 1.54) is 0 Å². The second kappa shape index (κ2) is 4.55. The average molecular weight is 220 g/mol. The summed E-state index contributed by atoms with van der Waals surface area (Å²) in [5.74, 6) is 0. The Morgan fingerprint density at radius 3 is 2.11 bits per heavy atom. The summed E-state index contributed by atoms with van der Waals surface area (Å²) in [6, 6.07) is 0. The summed E-state index contributed by atoms with van der Waals surface area (Å²) in [6.07, 6.45) is 0. The van der Waals surface area contributed by atoms with Crippen LogP contribution in [0.3, 0.4) is 0 Å². The Kier molecular flexibility index (Phi) is 4.93. The topological polar surface area (TPSA) is 29.5 Å². The fraction of sp³-hybridized carbons (Fsp3) is 0.667. The molecular weight excluding hydrogens is 212 g/mol. The summed E-state index contributed by atoms with van der Waals surface area (Å²) < 4.78 is 0.693. The van der Waals surface area contributed by atoms with Gasteiger partial charge in [0, 0.05) is 0 Å². The molecule has 51 valence electrons. The third kappa shape index (κ3) is 5.21. The van der Waals surface area contributed by atoms with Gasteiger partial charge in [0.25, 0.3) is 0 Å². The minimum atomic E-state index is -1.91. The standard InChI is InChI=1S/CH2NO2S2.2CH3.Zn/c3-1-4-2(5)6;;;/h5-6H;2*1H3;. The summed E-state index contributed by atoms with van der Waals surface area (Å²) in [5, 5.41) is 0. The van der Waals surface area contributed by atoms with Gasteiger partial charge >= 0.3 is 70.7 Å². The van der Waals surface area contributed by atoms with Crippen molar-refractivity contribution < 1.29 is 25.6 Å². The Morgan fingerprint density at radius 2 is 2.00 bits per heavy atom. The van der Waals surface area contributed by atoms with Crippen molar-refractivity contribution in [2.75, 3.05) is 0 Å². The number of hydrogen-bond donors (Lipinski definition) is 2. The van der Waals surface area contributed by atoms with Crippen LogP contribution in [-0.4, -0.2) is 8.44 Å². The molecule has 0 aromatic carbocycles. The molecule has 0 saturated carbocycles. The number of carbonyl (C=O) groups excluding carboxylic acids is 1. The second-order valence-corrected chi connectivity index (χ2v) is 10.3. The van der Waals surface area contributed by atoms with Gasteiger partial charge in [0.2, 0.25) is 0 Å². The molecule has 0 saturated heterocycles. The van der Waals surface area contributed by atoms with Gasteiger partial charge in [0.1, 0.15) is 0 Å². The minimum absolute atomic E-state index is 0.139. The molecule has 0 N–H and O–H groups in total. The van der Waals surface area contributed by atoms with E-state index in [0.717, 1.165) is 3.87 Å². The first-order chi connectivity index (χ1) is 4.04. The van der Waals surface area contributed by atoms with E-state index in [0.29, 0.717) is 0 Å². The molecule has 0 heterocycles. The van der Waals surface area contributed by atoms with Crippen LogP contribution in [0.15, 0.2) is 0 Å². The van der Waals surface area contributed by atoms with Crippen molar-refractivity contribution in [1.82, 2.24) is 3.87 Å². The van der Waals surface area contributed by atoms with Gasteiger partial charge in [-0.05, 0) is 0 Å². The van der Waals surface area contributed by atoms with Crippen LogP contribution < -0.4 is 0 Å². The Balaban J connectivity index is 3.51. The Bertz CT molecular complexity index is 108. The van der Waals surface area contributed by atoms with Gasteiger partial charge in [-0.2, -0.15) is 0 Å². The molecule has 0 aliphatic heterocycles. The van der Waals surface area contributed by atoms with Gasteiger partial charge in [0.05, 0.1) is 0 Å². The van der Waals surface area contributed by atoms with Crippen molar-refractivity contribution in [3.63, 3.8) is 0 Å². The van der Waals surface area contributed by atoms with Crippen LogP contribution in [0.25, 0.3) is 0 Å². The van der Waals surface area contributed by atoms with Gasteiger partial charge in [-0.3, -0.25) is 0 Å². The van der Waals surface area contributed by atoms with Crippen LogP contribution in [0, 0.1) is 0 Å². The molecule has 0 aromatic heterocycles. The molecule has 0 rings (SSSR count). The van der Waals surface area contributed by atoms with E-state index in [9.17, 15) is 4.79 Å². The summed E-state index contributed by atoms with van der Waals surface area (Å²) in [5.41, 5.74) is 3.88. The molecule has 0 radical (unpaired) electrons. The molecule has 0 aliphatic carbocycles. The van der Waals surface area contributed by atoms with Gasteiger partial charge in [-0.25, -0.2) is 0 Å². The molecule has 0 amide bonds. The first kappa shape index (κ1) is 9.75. The predicted octanol–water partition coefficient (Wildman–Crippen LogP) is 1.74. The molecule has 0 aromatic rings. The number of thiol groups is 2. The maximum atomic E-state index is 10.7. The van der Waals surface area contributed by atoms with Gasteiger partial charge in [-0.15, -0.1) is 0 Å². The fourth-order valence-electron chi connectivity index (χ4n) is 0.220. The molecule has 0 unspecified atom stereocenters. The number of hydrogen-bond acceptors (Lipinski definition) is 5. The van der Waals surface area contributed by atoms with E-state index in [4.69, 9.17) is 0 Å². The molecule has 0 fully saturated rings. The third-order valence-corrected chi connectivity index (χ3v) is 3.62. The first-order valence-corrected chi connectivity index (χ1v) is 11.0. The molecular formula is C3H8NO2S2Zn. The van der Waals surface area contributed by atoms with Crippen LogP contribution in [0.5, 0.6) is 0 Å². The van der Waals surface area contributed by atoms with Crippen LogP contribution in [0.1, 0.15) is 0 Å². The van der Waals surface area contributed by atoms with Crippen LogP contribution >= 0.6 is 25.6 Å². The molecule has 3 nitrogen and oxygen atoms in total. The Hall–Kier alpha value is 0.753. The summed E-state index contributed by atoms with van der Waals surface area (Å²) >= 11 is 5.33. The van der Waals surface area contributed by atoms with E-state index in [2.05, 4.69) is 30.5 Å². The normalized spacial score (nSPS) is 9.44. The van der Waals surface area contributed by atoms with E-state index < -0.39 is 16.0 Å². The molecule has 6 heteroatoms. The van der Waals surface area contributed by atoms with Crippen molar-refractivity contribution in [3.05, 3.63) is 0 Å². The van der Waals surface area contributed by atoms with Crippen molar-refractivity contribution in [3.8, 4) is 0 Å². The van der Waals surface area contributed by atoms with Crippen molar-refractivity contribution in [1.29, 1.82) is 0 Å². The predicted molar refractivity (Wildman–Crippen MR) is 38.0 cm³/mol. The van der Waals surface area contributed by atoms with E-state index in [-0.39, 0.29) is 4.56 Å². The van der Waals surface area contributed by atoms with E-state index in [1.807, 2.05) is 11.0 Å². The van der Waals surface area contributed by atoms with Crippen LogP contribution in [0.2, 0.25) is 11.0 Å². The fourth-order valence-corrected chi connectivity index (χ4v) is 1.67. The van der Waals surface area contributed by atoms with Gasteiger partial charge in [-0.1, -0.05) is 0 Å². The quantitative estimate of drug-likeness (QED) is 0.421. The Morgan fingerprint density at radius 1 is 1.56 bits per heavy atom. The zero-order chi connectivity index (χ0) is 7.44. The second-order valence-electron chi connectivity index (χ2n) is 2.13. The van der Waals surface area contributed by atoms with Crippen molar-refractivity contribution in [2.45, 2.75) is 11.0 Å². The summed E-state index contributed by atoms with van der Waals surface area (Å²) in [4.78, 5) is 15.2. The Labute approximate surface area is 70.7 Å². The van der Waals surface area contributed by atoms with Gasteiger partial charge < -0.3 is 0 Å². The number of rotatable bonds is 2. The molecule has 0 spiro atoms. The monoisotopic (exact) mass is 218 g/mol. The molecule has 9 heavy (non-hydrogen) atoms. The third-order valence-electron chi connectivity index (χ3n) is 0.761. The molecule has 0 bridgehead atoms. The van der Waals surface area contributed by atoms with Crippen LogP contribution in [-0.2, 0) is 20.8 Å². The number of nitrogens with zero attached hydrogens (tertiary/aromatic N) is 1. The van der Waals surface area contributed by atoms with Gasteiger partial charge in [0.15, 0.2) is 0 Å². The molecule has 0 aliphatic rings. The average Bonchev–Trinajstić information content (AvgIpc) is 1.63. The van der Waals surface area contributed by atoms with Crippen molar-refractivity contribution in [2.24, 2.45) is 0 Å². The summed E-state index contributed by atoms with van der Waals surface area (Å²) in [6.45, 7) is 0. The van der Waals surface area contributed by atoms with E-state index in [1.54, 1.807) is 0 Å². The van der Waals surface area contributed by atoms with Crippen LogP contribution in [0.4, 0.5) is 4.79 Å². The SMILES string of the molecule is [CH3][Zn]([CH3])[C](=O)ON(S)S. The summed E-state index contributed by atoms with van der Waals surface area (Å²) in [7, 11) is 0. The first-order valence-electron chi connectivity index (χ1n) is 2.76. The van der Waals surface area contributed by atoms with Crippen molar-refractivity contribution >= 4 is 30.2 Å². The number of carbonyl (C=O) groups is 1. The zero-order valence-electron chi connectivity index (χ0n) is 5.37. The van der Waals surface area contributed by atoms with E-state index >= 15 is 0 Å². The maximum absolute atomic E-state index is 10.7. The molecule has 0 atom stereocenters. The zero-order valence-corrected chi connectivity index (χ0v) is 10.1.